The number of nitrogens with one attached hydrogen (secondary N) is 1. The average molecular weight is 367 g/mol. The predicted octanol–water partition coefficient (Wildman–Crippen LogP) is 3.08. The van der Waals surface area contributed by atoms with Crippen LogP contribution in [0, 0.1) is 11.3 Å². The molecule has 27 heavy (non-hydrogen) atoms. The Morgan fingerprint density at radius 1 is 1.19 bits per heavy atom. The monoisotopic (exact) mass is 367 g/mol. The summed E-state index contributed by atoms with van der Waals surface area (Å²) in [6.07, 6.45) is 0.767. The van der Waals surface area contributed by atoms with E-state index in [9.17, 15) is 4.79 Å². The Hall–Kier alpha value is -3.04. The van der Waals surface area contributed by atoms with Gasteiger partial charge in [-0.3, -0.25) is 9.69 Å². The van der Waals surface area contributed by atoms with E-state index >= 15 is 0 Å². The molecule has 0 aliphatic carbocycles. The van der Waals surface area contributed by atoms with Crippen LogP contribution in [0.5, 0.6) is 11.5 Å². The third-order valence-corrected chi connectivity index (χ3v) is 4.55. The minimum Gasteiger partial charge on any atom is -0.493 e. The van der Waals surface area contributed by atoms with Gasteiger partial charge in [-0.1, -0.05) is 18.2 Å². The summed E-state index contributed by atoms with van der Waals surface area (Å²) in [5.41, 5.74) is 2.08. The van der Waals surface area contributed by atoms with Crippen LogP contribution in [0.1, 0.15) is 18.1 Å². The first-order valence-electron chi connectivity index (χ1n) is 8.71. The van der Waals surface area contributed by atoms with Gasteiger partial charge in [-0.2, -0.15) is 5.26 Å². The van der Waals surface area contributed by atoms with Crippen LogP contribution >= 0.6 is 0 Å². The van der Waals surface area contributed by atoms with Gasteiger partial charge in [-0.05, 0) is 50.2 Å². The first-order chi connectivity index (χ1) is 13.0. The van der Waals surface area contributed by atoms with Crippen LogP contribution in [0.15, 0.2) is 42.5 Å². The molecule has 2 rings (SSSR count). The molecular formula is C21H25N3O3. The molecule has 2 aromatic carbocycles. The summed E-state index contributed by atoms with van der Waals surface area (Å²) in [6, 6.07) is 14.5. The van der Waals surface area contributed by atoms with Crippen molar-refractivity contribution in [3.63, 3.8) is 0 Å². The largest absolute Gasteiger partial charge is 0.493 e. The first-order valence-corrected chi connectivity index (χ1v) is 8.71. The van der Waals surface area contributed by atoms with Gasteiger partial charge >= 0.3 is 0 Å². The number of nitriles is 1. The topological polar surface area (TPSA) is 74.6 Å². The van der Waals surface area contributed by atoms with Gasteiger partial charge < -0.3 is 14.8 Å². The molecule has 6 nitrogen and oxygen atoms in total. The average Bonchev–Trinajstić information content (AvgIpc) is 2.71. The summed E-state index contributed by atoms with van der Waals surface area (Å²) in [4.78, 5) is 14.5. The number of amides is 1. The Balaban J connectivity index is 1.96. The predicted molar refractivity (Wildman–Crippen MR) is 105 cm³/mol. The molecule has 6 heteroatoms. The van der Waals surface area contributed by atoms with Crippen LogP contribution in [0.25, 0.3) is 0 Å². The smallest absolute Gasteiger partial charge is 0.241 e. The van der Waals surface area contributed by atoms with Crippen molar-refractivity contribution in [3.8, 4) is 17.6 Å². The fourth-order valence-corrected chi connectivity index (χ4v) is 2.66. The van der Waals surface area contributed by atoms with E-state index in [2.05, 4.69) is 11.4 Å². The minimum atomic E-state index is -0.336. The third-order valence-electron chi connectivity index (χ3n) is 4.55. The Bertz CT molecular complexity index is 830. The number of nitrogens with zero attached hydrogens (tertiary/aromatic N) is 2. The Kier molecular flexibility index (Phi) is 7.21. The molecule has 1 N–H and O–H groups in total. The van der Waals surface area contributed by atoms with Crippen molar-refractivity contribution >= 4 is 11.6 Å². The molecule has 142 valence electrons. The number of ether oxygens (including phenoxy) is 2. The Morgan fingerprint density at radius 2 is 1.89 bits per heavy atom. The molecule has 1 atom stereocenters. The summed E-state index contributed by atoms with van der Waals surface area (Å²) < 4.78 is 10.6. The number of likely N-dealkylation sites (N-methyl/N-ethyl adjacent to an activating group) is 1. The van der Waals surface area contributed by atoms with Crippen molar-refractivity contribution in [2.75, 3.05) is 33.1 Å². The summed E-state index contributed by atoms with van der Waals surface area (Å²) >= 11 is 0. The highest BCUT2D eigenvalue weighted by atomic mass is 16.5. The number of benzene rings is 2. The standard InChI is InChI=1S/C21H25N3O3/c1-15(21(25)23-18-8-6-5-7-17(18)14-22)24(2)12-11-16-9-10-19(26-3)20(13-16)27-4/h5-10,13,15H,11-12H2,1-4H3,(H,23,25)/t15-/m1/s1. The molecule has 0 unspecified atom stereocenters. The molecule has 0 heterocycles. The SMILES string of the molecule is COc1ccc(CCN(C)[C@H](C)C(=O)Nc2ccccc2C#N)cc1OC. The van der Waals surface area contributed by atoms with Crippen molar-refractivity contribution in [2.45, 2.75) is 19.4 Å². The van der Waals surface area contributed by atoms with E-state index in [1.54, 1.807) is 38.5 Å². The number of hydrogen-bond acceptors (Lipinski definition) is 5. The van der Waals surface area contributed by atoms with E-state index < -0.39 is 0 Å². The van der Waals surface area contributed by atoms with Gasteiger partial charge in [0.25, 0.3) is 0 Å². The molecule has 0 spiro atoms. The van der Waals surface area contributed by atoms with Crippen LogP contribution in [-0.2, 0) is 11.2 Å². The summed E-state index contributed by atoms with van der Waals surface area (Å²) in [5, 5.41) is 12.0. The van der Waals surface area contributed by atoms with Crippen LogP contribution < -0.4 is 14.8 Å². The lowest BCUT2D eigenvalue weighted by Gasteiger charge is -2.24. The van der Waals surface area contributed by atoms with Crippen molar-refractivity contribution < 1.29 is 14.3 Å². The van der Waals surface area contributed by atoms with Gasteiger partial charge in [0.05, 0.1) is 31.5 Å². The third kappa shape index (κ3) is 5.22. The number of rotatable bonds is 8. The van der Waals surface area contributed by atoms with E-state index in [4.69, 9.17) is 14.7 Å². The lowest BCUT2D eigenvalue weighted by Crippen LogP contribution is -2.40. The molecule has 0 saturated heterocycles. The quantitative estimate of drug-likeness (QED) is 0.776. The van der Waals surface area contributed by atoms with Crippen LogP contribution in [0.4, 0.5) is 5.69 Å². The first kappa shape index (κ1) is 20.3. The van der Waals surface area contributed by atoms with Gasteiger partial charge in [0.1, 0.15) is 6.07 Å². The lowest BCUT2D eigenvalue weighted by atomic mass is 10.1. The van der Waals surface area contributed by atoms with E-state index in [1.165, 1.54) is 0 Å². The normalized spacial score (nSPS) is 11.6. The Morgan fingerprint density at radius 3 is 2.56 bits per heavy atom. The van der Waals surface area contributed by atoms with Crippen molar-refractivity contribution in [3.05, 3.63) is 53.6 Å². The maximum atomic E-state index is 12.5. The van der Waals surface area contributed by atoms with Gasteiger partial charge in [-0.25, -0.2) is 0 Å². The molecule has 0 aliphatic heterocycles. The zero-order valence-corrected chi connectivity index (χ0v) is 16.2. The van der Waals surface area contributed by atoms with Gasteiger partial charge in [0, 0.05) is 6.54 Å². The lowest BCUT2D eigenvalue weighted by molar-refractivity contribution is -0.120. The number of methoxy groups -OCH3 is 2. The highest BCUT2D eigenvalue weighted by Gasteiger charge is 2.19. The second kappa shape index (κ2) is 9.60. The van der Waals surface area contributed by atoms with Crippen LogP contribution in [-0.4, -0.2) is 44.7 Å². The van der Waals surface area contributed by atoms with E-state index in [-0.39, 0.29) is 11.9 Å². The fourth-order valence-electron chi connectivity index (χ4n) is 2.66. The second-order valence-corrected chi connectivity index (χ2v) is 6.24. The zero-order valence-electron chi connectivity index (χ0n) is 16.2. The van der Waals surface area contributed by atoms with Crippen LogP contribution in [0.3, 0.4) is 0 Å². The van der Waals surface area contributed by atoms with E-state index in [1.807, 2.05) is 37.1 Å². The molecule has 0 radical (unpaired) electrons. The Labute approximate surface area is 160 Å². The van der Waals surface area contributed by atoms with Crippen molar-refractivity contribution in [2.24, 2.45) is 0 Å². The molecule has 0 aliphatic rings. The highest BCUT2D eigenvalue weighted by molar-refractivity contribution is 5.95. The molecular weight excluding hydrogens is 342 g/mol. The van der Waals surface area contributed by atoms with Gasteiger partial charge in [0.15, 0.2) is 11.5 Å². The molecule has 2 aromatic rings. The van der Waals surface area contributed by atoms with E-state index in [0.29, 0.717) is 29.3 Å². The second-order valence-electron chi connectivity index (χ2n) is 6.24. The minimum absolute atomic E-state index is 0.146. The van der Waals surface area contributed by atoms with Gasteiger partial charge in [-0.15, -0.1) is 0 Å². The summed E-state index contributed by atoms with van der Waals surface area (Å²) in [6.45, 7) is 2.54. The number of carbonyl (C=O) groups is 1. The van der Waals surface area contributed by atoms with Crippen LogP contribution in [0.2, 0.25) is 0 Å². The number of para-hydroxylation sites is 1. The zero-order chi connectivity index (χ0) is 19.8. The summed E-state index contributed by atoms with van der Waals surface area (Å²) in [7, 11) is 5.12. The van der Waals surface area contributed by atoms with Gasteiger partial charge in [0.2, 0.25) is 5.91 Å². The molecule has 0 aromatic heterocycles. The highest BCUT2D eigenvalue weighted by Crippen LogP contribution is 2.27. The van der Waals surface area contributed by atoms with E-state index in [0.717, 1.165) is 12.0 Å². The maximum Gasteiger partial charge on any atom is 0.241 e. The fraction of sp³-hybridized carbons (Fsp3) is 0.333. The van der Waals surface area contributed by atoms with Crippen molar-refractivity contribution in [1.29, 1.82) is 5.26 Å². The molecule has 1 amide bonds. The molecule has 0 bridgehead atoms. The van der Waals surface area contributed by atoms with Crippen molar-refractivity contribution in [1.82, 2.24) is 4.90 Å². The maximum absolute atomic E-state index is 12.5. The summed E-state index contributed by atoms with van der Waals surface area (Å²) in [5.74, 6) is 1.24. The molecule has 0 fully saturated rings. The number of carbonyl (C=O) groups excluding carboxylic acids is 1. The molecule has 0 saturated carbocycles. The number of hydrogen-bond donors (Lipinski definition) is 1. The number of anilines is 1.